The molecule has 2 aromatic rings. The van der Waals surface area contributed by atoms with E-state index >= 15 is 0 Å². The Hall–Kier alpha value is -1.66. The molecule has 0 aliphatic carbocycles. The van der Waals surface area contributed by atoms with E-state index in [9.17, 15) is 8.42 Å². The summed E-state index contributed by atoms with van der Waals surface area (Å²) in [5.41, 5.74) is 1.99. The first-order valence-corrected chi connectivity index (χ1v) is 9.40. The van der Waals surface area contributed by atoms with Crippen LogP contribution in [0.1, 0.15) is 11.1 Å². The fourth-order valence-corrected chi connectivity index (χ4v) is 3.99. The molecule has 0 aliphatic rings. The molecule has 2 rings (SSSR count). The molecule has 0 heterocycles. The molecule has 0 aromatic heterocycles. The Morgan fingerprint density at radius 1 is 1.09 bits per heavy atom. The first-order chi connectivity index (χ1) is 10.4. The molecule has 0 spiro atoms. The second kappa shape index (κ2) is 6.62. The van der Waals surface area contributed by atoms with Crippen molar-refractivity contribution in [3.05, 3.63) is 47.5 Å². The van der Waals surface area contributed by atoms with Crippen molar-refractivity contribution in [2.45, 2.75) is 23.6 Å². The van der Waals surface area contributed by atoms with Gasteiger partial charge in [-0.1, -0.05) is 6.07 Å². The summed E-state index contributed by atoms with van der Waals surface area (Å²) in [4.78, 5) is 1.27. The molecule has 4 nitrogen and oxygen atoms in total. The zero-order chi connectivity index (χ0) is 16.3. The van der Waals surface area contributed by atoms with Gasteiger partial charge in [-0.05, 0) is 61.6 Å². The molecule has 2 aromatic carbocycles. The van der Waals surface area contributed by atoms with Crippen molar-refractivity contribution in [1.82, 2.24) is 0 Å². The molecule has 118 valence electrons. The molecular formula is C16H19NO3S2. The third-order valence-electron chi connectivity index (χ3n) is 3.30. The minimum Gasteiger partial charge on any atom is -0.496 e. The fourth-order valence-electron chi connectivity index (χ4n) is 2.17. The molecule has 0 atom stereocenters. The van der Waals surface area contributed by atoms with Crippen LogP contribution in [0.4, 0.5) is 5.69 Å². The molecule has 0 bridgehead atoms. The minimum atomic E-state index is -3.63. The monoisotopic (exact) mass is 337 g/mol. The topological polar surface area (TPSA) is 55.4 Å². The molecule has 1 N–H and O–H groups in total. The van der Waals surface area contributed by atoms with Gasteiger partial charge < -0.3 is 4.74 Å². The summed E-state index contributed by atoms with van der Waals surface area (Å²) >= 11 is 1.56. The molecule has 6 heteroatoms. The zero-order valence-electron chi connectivity index (χ0n) is 13.0. The number of ether oxygens (including phenoxy) is 1. The fraction of sp³-hybridized carbons (Fsp3) is 0.250. The standard InChI is InChI=1S/C16H19NO3S2/c1-11-9-16(12(2)8-15(11)20-3)22(18,19)17-13-6-5-7-14(10-13)21-4/h5-10,17H,1-4H3. The lowest BCUT2D eigenvalue weighted by Gasteiger charge is -2.13. The van der Waals surface area contributed by atoms with Gasteiger partial charge in [0, 0.05) is 10.6 Å². The molecule has 0 aliphatic heterocycles. The maximum atomic E-state index is 12.6. The lowest BCUT2D eigenvalue weighted by atomic mass is 10.1. The van der Waals surface area contributed by atoms with Crippen LogP contribution >= 0.6 is 11.8 Å². The highest BCUT2D eigenvalue weighted by atomic mass is 32.2. The Morgan fingerprint density at radius 3 is 2.45 bits per heavy atom. The van der Waals surface area contributed by atoms with Crippen molar-refractivity contribution in [1.29, 1.82) is 0 Å². The third kappa shape index (κ3) is 3.56. The molecule has 0 fully saturated rings. The highest BCUT2D eigenvalue weighted by molar-refractivity contribution is 7.98. The summed E-state index contributed by atoms with van der Waals surface area (Å²) in [5.74, 6) is 0.681. The molecular weight excluding hydrogens is 318 g/mol. The predicted octanol–water partition coefficient (Wildman–Crippen LogP) is 3.83. The van der Waals surface area contributed by atoms with Crippen LogP contribution in [-0.4, -0.2) is 21.8 Å². The molecule has 0 unspecified atom stereocenters. The second-order valence-corrected chi connectivity index (χ2v) is 7.46. The summed E-state index contributed by atoms with van der Waals surface area (Å²) in [5, 5.41) is 0. The van der Waals surface area contributed by atoms with Gasteiger partial charge in [0.25, 0.3) is 10.0 Å². The number of anilines is 1. The highest BCUT2D eigenvalue weighted by Crippen LogP contribution is 2.27. The van der Waals surface area contributed by atoms with Crippen LogP contribution in [0, 0.1) is 13.8 Å². The van der Waals surface area contributed by atoms with Gasteiger partial charge in [0.2, 0.25) is 0 Å². The highest BCUT2D eigenvalue weighted by Gasteiger charge is 2.19. The van der Waals surface area contributed by atoms with E-state index < -0.39 is 10.0 Å². The number of methoxy groups -OCH3 is 1. The van der Waals surface area contributed by atoms with Gasteiger partial charge in [0.1, 0.15) is 5.75 Å². The van der Waals surface area contributed by atoms with E-state index in [-0.39, 0.29) is 4.90 Å². The van der Waals surface area contributed by atoms with Gasteiger partial charge in [-0.15, -0.1) is 11.8 Å². The molecule has 22 heavy (non-hydrogen) atoms. The summed E-state index contributed by atoms with van der Waals surface area (Å²) in [7, 11) is -2.06. The Labute approximate surface area is 135 Å². The Bertz CT molecular complexity index is 786. The van der Waals surface area contributed by atoms with Crippen LogP contribution in [0.3, 0.4) is 0 Å². The van der Waals surface area contributed by atoms with Gasteiger partial charge in [-0.25, -0.2) is 8.42 Å². The van der Waals surface area contributed by atoms with Gasteiger partial charge in [0.05, 0.1) is 12.0 Å². The predicted molar refractivity (Wildman–Crippen MR) is 91.5 cm³/mol. The van der Waals surface area contributed by atoms with E-state index in [0.717, 1.165) is 10.5 Å². The van der Waals surface area contributed by atoms with Crippen molar-refractivity contribution in [3.63, 3.8) is 0 Å². The average Bonchev–Trinajstić information content (AvgIpc) is 2.48. The summed E-state index contributed by atoms with van der Waals surface area (Å²) < 4.78 is 33.1. The first kappa shape index (κ1) is 16.7. The Kier molecular flexibility index (Phi) is 5.03. The minimum absolute atomic E-state index is 0.264. The normalized spacial score (nSPS) is 11.3. The van der Waals surface area contributed by atoms with Gasteiger partial charge in [0.15, 0.2) is 0 Å². The Morgan fingerprint density at radius 2 is 1.82 bits per heavy atom. The van der Waals surface area contributed by atoms with Crippen LogP contribution in [-0.2, 0) is 10.0 Å². The number of benzene rings is 2. The number of aryl methyl sites for hydroxylation is 2. The van der Waals surface area contributed by atoms with Gasteiger partial charge in [-0.2, -0.15) is 0 Å². The number of sulfonamides is 1. The molecule has 0 radical (unpaired) electrons. The van der Waals surface area contributed by atoms with Crippen molar-refractivity contribution < 1.29 is 13.2 Å². The van der Waals surface area contributed by atoms with Crippen molar-refractivity contribution in [2.75, 3.05) is 18.1 Å². The third-order valence-corrected chi connectivity index (χ3v) is 5.55. The van der Waals surface area contributed by atoms with Gasteiger partial charge in [-0.3, -0.25) is 4.72 Å². The number of hydrogen-bond acceptors (Lipinski definition) is 4. The van der Waals surface area contributed by atoms with E-state index in [4.69, 9.17) is 4.74 Å². The first-order valence-electron chi connectivity index (χ1n) is 6.69. The SMILES string of the molecule is COc1cc(C)c(S(=O)(=O)Nc2cccc(SC)c2)cc1C. The largest absolute Gasteiger partial charge is 0.496 e. The van der Waals surface area contributed by atoms with Crippen molar-refractivity contribution in [2.24, 2.45) is 0 Å². The summed E-state index contributed by atoms with van der Waals surface area (Å²) in [6.45, 7) is 3.58. The van der Waals surface area contributed by atoms with E-state index in [1.165, 1.54) is 0 Å². The van der Waals surface area contributed by atoms with Crippen LogP contribution in [0.25, 0.3) is 0 Å². The molecule has 0 saturated heterocycles. The van der Waals surface area contributed by atoms with Crippen LogP contribution in [0.2, 0.25) is 0 Å². The lowest BCUT2D eigenvalue weighted by molar-refractivity contribution is 0.411. The van der Waals surface area contributed by atoms with Crippen LogP contribution in [0.15, 0.2) is 46.2 Å². The van der Waals surface area contributed by atoms with Crippen molar-refractivity contribution in [3.8, 4) is 5.75 Å². The maximum absolute atomic E-state index is 12.6. The lowest BCUT2D eigenvalue weighted by Crippen LogP contribution is -2.14. The Balaban J connectivity index is 2.40. The molecule has 0 amide bonds. The number of hydrogen-bond donors (Lipinski definition) is 1. The van der Waals surface area contributed by atoms with Crippen LogP contribution < -0.4 is 9.46 Å². The zero-order valence-corrected chi connectivity index (χ0v) is 14.6. The van der Waals surface area contributed by atoms with Crippen molar-refractivity contribution >= 4 is 27.5 Å². The van der Waals surface area contributed by atoms with E-state index in [1.807, 2.05) is 31.4 Å². The molecule has 0 saturated carbocycles. The van der Waals surface area contributed by atoms with Crippen LogP contribution in [0.5, 0.6) is 5.75 Å². The maximum Gasteiger partial charge on any atom is 0.262 e. The number of thioether (sulfide) groups is 1. The average molecular weight is 337 g/mol. The smallest absolute Gasteiger partial charge is 0.262 e. The number of nitrogens with one attached hydrogen (secondary N) is 1. The quantitative estimate of drug-likeness (QED) is 0.842. The van der Waals surface area contributed by atoms with Gasteiger partial charge >= 0.3 is 0 Å². The number of rotatable bonds is 5. The summed E-state index contributed by atoms with van der Waals surface area (Å²) in [6.07, 6.45) is 1.95. The second-order valence-electron chi connectivity index (χ2n) is 4.92. The summed E-state index contributed by atoms with van der Waals surface area (Å²) in [6, 6.07) is 10.7. The van der Waals surface area contributed by atoms with E-state index in [2.05, 4.69) is 4.72 Å². The van der Waals surface area contributed by atoms with E-state index in [1.54, 1.807) is 44.0 Å². The van der Waals surface area contributed by atoms with E-state index in [0.29, 0.717) is 17.0 Å².